The van der Waals surface area contributed by atoms with Crippen LogP contribution in [0.25, 0.3) is 10.9 Å². The number of pyridine rings is 1. The Hall–Kier alpha value is -2.40. The topological polar surface area (TPSA) is 62.0 Å². The molecule has 0 radical (unpaired) electrons. The summed E-state index contributed by atoms with van der Waals surface area (Å²) in [5.74, 6) is 0.0254. The second kappa shape index (κ2) is 7.66. The van der Waals surface area contributed by atoms with E-state index in [0.717, 1.165) is 28.5 Å². The molecule has 130 valence electrons. The Bertz CT molecular complexity index is 942. The van der Waals surface area contributed by atoms with Gasteiger partial charge in [0, 0.05) is 34.3 Å². The number of hydrogen-bond acceptors (Lipinski definition) is 3. The largest absolute Gasteiger partial charge is 0.356 e. The van der Waals surface area contributed by atoms with Crippen LogP contribution in [0.15, 0.2) is 40.5 Å². The van der Waals surface area contributed by atoms with Gasteiger partial charge in [-0.3, -0.25) is 9.59 Å². The monoisotopic (exact) mass is 354 g/mol. The first-order chi connectivity index (χ1) is 12.0. The molecule has 2 aromatic heterocycles. The van der Waals surface area contributed by atoms with Crippen LogP contribution in [0.3, 0.4) is 0 Å². The van der Waals surface area contributed by atoms with E-state index in [9.17, 15) is 9.59 Å². The Balaban J connectivity index is 1.60. The number of carbonyl (C=O) groups is 1. The van der Waals surface area contributed by atoms with Crippen molar-refractivity contribution in [2.75, 3.05) is 6.54 Å². The van der Waals surface area contributed by atoms with E-state index in [0.29, 0.717) is 24.9 Å². The summed E-state index contributed by atoms with van der Waals surface area (Å²) in [5, 5.41) is 5.98. The maximum absolute atomic E-state index is 12.2. The maximum atomic E-state index is 12.2. The first-order valence-electron chi connectivity index (χ1n) is 8.45. The molecule has 0 bridgehead atoms. The number of fused-ring (bicyclic) bond motifs is 1. The van der Waals surface area contributed by atoms with E-state index in [1.807, 2.05) is 43.5 Å². The van der Waals surface area contributed by atoms with Gasteiger partial charge in [-0.15, -0.1) is 11.3 Å². The zero-order valence-electron chi connectivity index (χ0n) is 14.5. The summed E-state index contributed by atoms with van der Waals surface area (Å²) in [4.78, 5) is 28.3. The van der Waals surface area contributed by atoms with E-state index in [-0.39, 0.29) is 11.5 Å². The van der Waals surface area contributed by atoms with Crippen LogP contribution in [0.1, 0.15) is 28.0 Å². The van der Waals surface area contributed by atoms with Crippen LogP contribution < -0.4 is 10.9 Å². The zero-order valence-corrected chi connectivity index (χ0v) is 15.3. The Kier molecular flexibility index (Phi) is 5.34. The third kappa shape index (κ3) is 4.37. The summed E-state index contributed by atoms with van der Waals surface area (Å²) in [6.45, 7) is 4.54. The molecule has 0 spiro atoms. The number of nitrogens with one attached hydrogen (secondary N) is 2. The smallest absolute Gasteiger partial charge is 0.251 e. The molecule has 4 nitrogen and oxygen atoms in total. The molecule has 0 fully saturated rings. The first-order valence-corrected chi connectivity index (χ1v) is 9.33. The van der Waals surface area contributed by atoms with Crippen molar-refractivity contribution in [3.8, 4) is 0 Å². The molecule has 0 unspecified atom stereocenters. The van der Waals surface area contributed by atoms with E-state index in [4.69, 9.17) is 0 Å². The fourth-order valence-electron chi connectivity index (χ4n) is 3.02. The molecule has 0 atom stereocenters. The van der Waals surface area contributed by atoms with Crippen LogP contribution in [0.4, 0.5) is 0 Å². The number of aryl methyl sites for hydroxylation is 3. The summed E-state index contributed by atoms with van der Waals surface area (Å²) in [7, 11) is 0. The summed E-state index contributed by atoms with van der Waals surface area (Å²) in [5.41, 5.74) is 3.77. The molecule has 3 rings (SSSR count). The number of hydrogen-bond donors (Lipinski definition) is 2. The Labute approximate surface area is 150 Å². The van der Waals surface area contributed by atoms with Gasteiger partial charge < -0.3 is 10.3 Å². The molecule has 3 aromatic rings. The second-order valence-corrected chi connectivity index (χ2v) is 7.38. The number of thiophene rings is 1. The van der Waals surface area contributed by atoms with Crippen LogP contribution in [0, 0.1) is 13.8 Å². The van der Waals surface area contributed by atoms with E-state index < -0.39 is 0 Å². The minimum Gasteiger partial charge on any atom is -0.356 e. The molecule has 1 aromatic carbocycles. The maximum Gasteiger partial charge on any atom is 0.251 e. The number of H-pyrrole nitrogens is 1. The van der Waals surface area contributed by atoms with Crippen molar-refractivity contribution in [3.63, 3.8) is 0 Å². The van der Waals surface area contributed by atoms with Gasteiger partial charge in [-0.05, 0) is 61.4 Å². The molecule has 0 saturated carbocycles. The zero-order chi connectivity index (χ0) is 17.8. The number of aromatic amines is 1. The molecule has 1 amide bonds. The average molecular weight is 354 g/mol. The van der Waals surface area contributed by atoms with Gasteiger partial charge in [0.25, 0.3) is 5.56 Å². The highest BCUT2D eigenvalue weighted by molar-refractivity contribution is 7.09. The molecule has 0 aliphatic heterocycles. The molecule has 5 heteroatoms. The lowest BCUT2D eigenvalue weighted by Crippen LogP contribution is -2.27. The van der Waals surface area contributed by atoms with Gasteiger partial charge in [0.15, 0.2) is 0 Å². The van der Waals surface area contributed by atoms with Crippen LogP contribution >= 0.6 is 11.3 Å². The fraction of sp³-hybridized carbons (Fsp3) is 0.300. The Morgan fingerprint density at radius 2 is 2.04 bits per heavy atom. The van der Waals surface area contributed by atoms with Gasteiger partial charge in [0.2, 0.25) is 5.91 Å². The van der Waals surface area contributed by atoms with Gasteiger partial charge in [-0.1, -0.05) is 12.1 Å². The number of rotatable bonds is 6. The Morgan fingerprint density at radius 1 is 1.20 bits per heavy atom. The van der Waals surface area contributed by atoms with Gasteiger partial charge in [-0.2, -0.15) is 0 Å². The molecule has 2 N–H and O–H groups in total. The lowest BCUT2D eigenvalue weighted by molar-refractivity contribution is -0.121. The SMILES string of the molecule is Cc1cc(C)c2cc(CCNC(=O)CCc3cccs3)c(=O)[nH]c2c1. The van der Waals surface area contributed by atoms with Crippen molar-refractivity contribution in [2.45, 2.75) is 33.1 Å². The first kappa shape index (κ1) is 17.4. The summed E-state index contributed by atoms with van der Waals surface area (Å²) >= 11 is 1.67. The van der Waals surface area contributed by atoms with Crippen LogP contribution in [-0.4, -0.2) is 17.4 Å². The molecular formula is C20H22N2O2S. The molecular weight excluding hydrogens is 332 g/mol. The molecule has 2 heterocycles. The predicted molar refractivity (Wildman–Crippen MR) is 103 cm³/mol. The molecule has 25 heavy (non-hydrogen) atoms. The van der Waals surface area contributed by atoms with Crippen molar-refractivity contribution in [1.82, 2.24) is 10.3 Å². The van der Waals surface area contributed by atoms with Crippen molar-refractivity contribution < 1.29 is 4.79 Å². The van der Waals surface area contributed by atoms with Crippen LogP contribution in [0.2, 0.25) is 0 Å². The van der Waals surface area contributed by atoms with E-state index in [1.54, 1.807) is 11.3 Å². The van der Waals surface area contributed by atoms with Gasteiger partial charge >= 0.3 is 0 Å². The Morgan fingerprint density at radius 3 is 2.80 bits per heavy atom. The van der Waals surface area contributed by atoms with Gasteiger partial charge in [0.1, 0.15) is 0 Å². The van der Waals surface area contributed by atoms with Gasteiger partial charge in [0.05, 0.1) is 0 Å². The normalized spacial score (nSPS) is 11.0. The van der Waals surface area contributed by atoms with Crippen molar-refractivity contribution in [2.24, 2.45) is 0 Å². The summed E-state index contributed by atoms with van der Waals surface area (Å²) in [6.07, 6.45) is 1.77. The molecule has 0 aliphatic carbocycles. The standard InChI is InChI=1S/C20H22N2O2S/c1-13-10-14(2)17-12-15(20(24)22-18(17)11-13)7-8-21-19(23)6-5-16-4-3-9-25-16/h3-4,9-12H,5-8H2,1-2H3,(H,21,23)(H,22,24). The third-order valence-corrected chi connectivity index (χ3v) is 5.22. The van der Waals surface area contributed by atoms with E-state index in [2.05, 4.69) is 16.4 Å². The third-order valence-electron chi connectivity index (χ3n) is 4.28. The molecule has 0 saturated heterocycles. The lowest BCUT2D eigenvalue weighted by Gasteiger charge is -2.08. The minimum absolute atomic E-state index is 0.0254. The highest BCUT2D eigenvalue weighted by Gasteiger charge is 2.07. The number of carbonyl (C=O) groups excluding carboxylic acids is 1. The quantitative estimate of drug-likeness (QED) is 0.712. The van der Waals surface area contributed by atoms with Crippen LogP contribution in [0.5, 0.6) is 0 Å². The molecule has 0 aliphatic rings. The predicted octanol–water partition coefficient (Wildman–Crippen LogP) is 3.50. The summed E-state index contributed by atoms with van der Waals surface area (Å²) < 4.78 is 0. The highest BCUT2D eigenvalue weighted by atomic mass is 32.1. The highest BCUT2D eigenvalue weighted by Crippen LogP contribution is 2.18. The average Bonchev–Trinajstić information content (AvgIpc) is 3.07. The van der Waals surface area contributed by atoms with E-state index in [1.165, 1.54) is 4.88 Å². The van der Waals surface area contributed by atoms with Crippen molar-refractivity contribution >= 4 is 28.1 Å². The number of aromatic nitrogens is 1. The second-order valence-electron chi connectivity index (χ2n) is 6.35. The lowest BCUT2D eigenvalue weighted by atomic mass is 10.0. The summed E-state index contributed by atoms with van der Waals surface area (Å²) in [6, 6.07) is 10.1. The minimum atomic E-state index is -0.0784. The van der Waals surface area contributed by atoms with Gasteiger partial charge in [-0.25, -0.2) is 0 Å². The van der Waals surface area contributed by atoms with Crippen molar-refractivity contribution in [3.05, 3.63) is 67.6 Å². The number of benzene rings is 1. The van der Waals surface area contributed by atoms with Crippen molar-refractivity contribution in [1.29, 1.82) is 0 Å². The van der Waals surface area contributed by atoms with Crippen LogP contribution in [-0.2, 0) is 17.6 Å². The fourth-order valence-corrected chi connectivity index (χ4v) is 3.73. The van der Waals surface area contributed by atoms with E-state index >= 15 is 0 Å². The number of amides is 1.